The topological polar surface area (TPSA) is 77.1 Å². The molecule has 30 heavy (non-hydrogen) atoms. The van der Waals surface area contributed by atoms with Crippen LogP contribution in [0.2, 0.25) is 0 Å². The molecule has 0 unspecified atom stereocenters. The third-order valence-corrected chi connectivity index (χ3v) is 3.97. The molecule has 162 valence electrons. The number of nitrogens with one attached hydrogen (secondary N) is 1. The van der Waals surface area contributed by atoms with Crippen LogP contribution in [-0.4, -0.2) is 45.8 Å². The molecule has 1 amide bonds. The lowest BCUT2D eigenvalue weighted by atomic mass is 10.2. The number of halogens is 2. The number of carbonyl (C=O) groups excluding carboxylic acids is 2. The second-order valence-electron chi connectivity index (χ2n) is 6.39. The van der Waals surface area contributed by atoms with E-state index >= 15 is 0 Å². The fourth-order valence-electron chi connectivity index (χ4n) is 2.47. The highest BCUT2D eigenvalue weighted by atomic mass is 19.3. The Labute approximate surface area is 173 Å². The zero-order valence-electron chi connectivity index (χ0n) is 17.0. The summed E-state index contributed by atoms with van der Waals surface area (Å²) in [5.41, 5.74) is 1.98. The number of alkyl halides is 2. The molecule has 0 aliphatic rings. The highest BCUT2D eigenvalue weighted by Crippen LogP contribution is 2.30. The van der Waals surface area contributed by atoms with E-state index in [0.29, 0.717) is 0 Å². The lowest BCUT2D eigenvalue weighted by Crippen LogP contribution is -2.28. The molecule has 0 atom stereocenters. The number of carbonyl (C=O) groups is 2. The van der Waals surface area contributed by atoms with Gasteiger partial charge in [-0.3, -0.25) is 4.79 Å². The summed E-state index contributed by atoms with van der Waals surface area (Å²) in [6, 6.07) is 11.3. The van der Waals surface area contributed by atoms with Gasteiger partial charge in [-0.15, -0.1) is 0 Å². The van der Waals surface area contributed by atoms with E-state index in [9.17, 15) is 18.4 Å². The molecule has 0 heterocycles. The SMILES string of the molecule is CCOc1cc(C(=O)OCC(=O)NCc2ccc(N(C)C)cc2)ccc1OC(F)F. The Hall–Kier alpha value is -3.36. The Morgan fingerprint density at radius 2 is 1.77 bits per heavy atom. The minimum Gasteiger partial charge on any atom is -0.490 e. The molecule has 0 radical (unpaired) electrons. The van der Waals surface area contributed by atoms with Crippen molar-refractivity contribution in [3.63, 3.8) is 0 Å². The summed E-state index contributed by atoms with van der Waals surface area (Å²) in [5.74, 6) is -1.47. The summed E-state index contributed by atoms with van der Waals surface area (Å²) in [4.78, 5) is 26.1. The van der Waals surface area contributed by atoms with Crippen molar-refractivity contribution in [1.29, 1.82) is 0 Å². The largest absolute Gasteiger partial charge is 0.490 e. The summed E-state index contributed by atoms with van der Waals surface area (Å²) < 4.78 is 39.4. The van der Waals surface area contributed by atoms with Gasteiger partial charge in [0.15, 0.2) is 18.1 Å². The van der Waals surface area contributed by atoms with E-state index < -0.39 is 25.1 Å². The predicted octanol–water partition coefficient (Wildman–Crippen LogP) is 3.23. The number of nitrogens with zero attached hydrogens (tertiary/aromatic N) is 1. The second-order valence-corrected chi connectivity index (χ2v) is 6.39. The molecule has 0 fully saturated rings. The van der Waals surface area contributed by atoms with Crippen molar-refractivity contribution in [1.82, 2.24) is 5.32 Å². The van der Waals surface area contributed by atoms with Crippen LogP contribution >= 0.6 is 0 Å². The van der Waals surface area contributed by atoms with Crippen molar-refractivity contribution in [3.8, 4) is 11.5 Å². The number of amides is 1. The van der Waals surface area contributed by atoms with Crippen LogP contribution in [0.5, 0.6) is 11.5 Å². The smallest absolute Gasteiger partial charge is 0.387 e. The molecule has 2 aromatic rings. The van der Waals surface area contributed by atoms with Crippen molar-refractivity contribution < 1.29 is 32.6 Å². The van der Waals surface area contributed by atoms with Gasteiger partial charge in [-0.25, -0.2) is 4.79 Å². The molecule has 0 aliphatic heterocycles. The maximum atomic E-state index is 12.4. The molecule has 2 rings (SSSR count). The van der Waals surface area contributed by atoms with Crippen molar-refractivity contribution in [2.45, 2.75) is 20.1 Å². The number of anilines is 1. The molecule has 0 bridgehead atoms. The van der Waals surface area contributed by atoms with Crippen LogP contribution in [0.3, 0.4) is 0 Å². The maximum absolute atomic E-state index is 12.4. The van der Waals surface area contributed by atoms with Gasteiger partial charge in [0.25, 0.3) is 5.91 Å². The van der Waals surface area contributed by atoms with Crippen LogP contribution < -0.4 is 19.7 Å². The zero-order valence-corrected chi connectivity index (χ0v) is 17.0. The molecule has 0 aliphatic carbocycles. The van der Waals surface area contributed by atoms with Crippen LogP contribution in [0.4, 0.5) is 14.5 Å². The number of hydrogen-bond donors (Lipinski definition) is 1. The van der Waals surface area contributed by atoms with Crippen LogP contribution in [-0.2, 0) is 16.1 Å². The molecule has 9 heteroatoms. The summed E-state index contributed by atoms with van der Waals surface area (Å²) in [5, 5.41) is 2.66. The van der Waals surface area contributed by atoms with Gasteiger partial charge in [-0.05, 0) is 42.8 Å². The predicted molar refractivity (Wildman–Crippen MR) is 107 cm³/mol. The normalized spacial score (nSPS) is 10.5. The van der Waals surface area contributed by atoms with E-state index in [0.717, 1.165) is 11.3 Å². The summed E-state index contributed by atoms with van der Waals surface area (Å²) in [6.45, 7) is -1.36. The average molecular weight is 422 g/mol. The lowest BCUT2D eigenvalue weighted by molar-refractivity contribution is -0.124. The molecule has 0 saturated carbocycles. The van der Waals surface area contributed by atoms with Crippen LogP contribution in [0.25, 0.3) is 0 Å². The van der Waals surface area contributed by atoms with Crippen molar-refractivity contribution in [2.75, 3.05) is 32.2 Å². The number of ether oxygens (including phenoxy) is 3. The molecule has 7 nitrogen and oxygen atoms in total. The molecular weight excluding hydrogens is 398 g/mol. The highest BCUT2D eigenvalue weighted by Gasteiger charge is 2.16. The fourth-order valence-corrected chi connectivity index (χ4v) is 2.47. The quantitative estimate of drug-likeness (QED) is 0.593. The highest BCUT2D eigenvalue weighted by molar-refractivity contribution is 5.92. The van der Waals surface area contributed by atoms with Crippen molar-refractivity contribution in [3.05, 3.63) is 53.6 Å². The third-order valence-electron chi connectivity index (χ3n) is 3.97. The van der Waals surface area contributed by atoms with E-state index in [1.165, 1.54) is 18.2 Å². The minimum atomic E-state index is -3.02. The van der Waals surface area contributed by atoms with E-state index in [-0.39, 0.29) is 30.2 Å². The third kappa shape index (κ3) is 6.91. The maximum Gasteiger partial charge on any atom is 0.387 e. The van der Waals surface area contributed by atoms with Gasteiger partial charge >= 0.3 is 12.6 Å². The van der Waals surface area contributed by atoms with Crippen LogP contribution in [0.1, 0.15) is 22.8 Å². The van der Waals surface area contributed by atoms with Gasteiger partial charge in [0, 0.05) is 26.3 Å². The zero-order chi connectivity index (χ0) is 22.1. The fraction of sp³-hybridized carbons (Fsp3) is 0.333. The van der Waals surface area contributed by atoms with Crippen LogP contribution in [0.15, 0.2) is 42.5 Å². The van der Waals surface area contributed by atoms with Gasteiger partial charge in [0.1, 0.15) is 0 Å². The summed E-state index contributed by atoms with van der Waals surface area (Å²) in [6.07, 6.45) is 0. The minimum absolute atomic E-state index is 0.0159. The molecule has 1 N–H and O–H groups in total. The Bertz CT molecular complexity index is 857. The first-order valence-corrected chi connectivity index (χ1v) is 9.22. The van der Waals surface area contributed by atoms with E-state index in [4.69, 9.17) is 9.47 Å². The molecule has 2 aromatic carbocycles. The summed E-state index contributed by atoms with van der Waals surface area (Å²) in [7, 11) is 3.86. The Morgan fingerprint density at radius 3 is 2.37 bits per heavy atom. The first kappa shape index (κ1) is 22.9. The van der Waals surface area contributed by atoms with Gasteiger partial charge < -0.3 is 24.4 Å². The van der Waals surface area contributed by atoms with Gasteiger partial charge in [-0.2, -0.15) is 8.78 Å². The average Bonchev–Trinajstić information content (AvgIpc) is 2.71. The van der Waals surface area contributed by atoms with E-state index in [1.54, 1.807) is 6.92 Å². The Kier molecular flexibility index (Phi) is 8.40. The lowest BCUT2D eigenvalue weighted by Gasteiger charge is -2.13. The second kappa shape index (κ2) is 11.0. The number of benzene rings is 2. The first-order chi connectivity index (χ1) is 14.3. The number of hydrogen-bond acceptors (Lipinski definition) is 6. The molecule has 0 aromatic heterocycles. The van der Waals surface area contributed by atoms with Crippen LogP contribution in [0, 0.1) is 0 Å². The first-order valence-electron chi connectivity index (χ1n) is 9.22. The van der Waals surface area contributed by atoms with E-state index in [2.05, 4.69) is 10.1 Å². The molecular formula is C21H24F2N2O5. The Morgan fingerprint density at radius 1 is 1.07 bits per heavy atom. The molecule has 0 saturated heterocycles. The Balaban J connectivity index is 1.88. The van der Waals surface area contributed by atoms with Gasteiger partial charge in [0.05, 0.1) is 12.2 Å². The number of rotatable bonds is 10. The van der Waals surface area contributed by atoms with Gasteiger partial charge in [0.2, 0.25) is 0 Å². The van der Waals surface area contributed by atoms with Gasteiger partial charge in [-0.1, -0.05) is 12.1 Å². The standard InChI is InChI=1S/C21H24F2N2O5/c1-4-28-18-11-15(7-10-17(18)30-21(22)23)20(27)29-13-19(26)24-12-14-5-8-16(9-6-14)25(2)3/h5-11,21H,4,12-13H2,1-3H3,(H,24,26). The van der Waals surface area contributed by atoms with E-state index in [1.807, 2.05) is 43.3 Å². The van der Waals surface area contributed by atoms with Crippen molar-refractivity contribution >= 4 is 17.6 Å². The molecule has 0 spiro atoms. The number of esters is 1. The van der Waals surface area contributed by atoms with Crippen molar-refractivity contribution in [2.24, 2.45) is 0 Å². The summed E-state index contributed by atoms with van der Waals surface area (Å²) >= 11 is 0. The monoisotopic (exact) mass is 422 g/mol.